The van der Waals surface area contributed by atoms with E-state index in [1.807, 2.05) is 0 Å². The van der Waals surface area contributed by atoms with E-state index in [-0.39, 0.29) is 0 Å². The van der Waals surface area contributed by atoms with E-state index in [0.29, 0.717) is 6.10 Å². The molecule has 0 radical (unpaired) electrons. The highest BCUT2D eigenvalue weighted by atomic mass is 16.5. The van der Waals surface area contributed by atoms with Crippen LogP contribution in [0.4, 0.5) is 0 Å². The lowest BCUT2D eigenvalue weighted by atomic mass is 9.74. The van der Waals surface area contributed by atoms with E-state index in [9.17, 15) is 0 Å². The molecule has 16 heavy (non-hydrogen) atoms. The molecular weight excluding hydrogens is 198 g/mol. The van der Waals surface area contributed by atoms with E-state index >= 15 is 0 Å². The molecule has 2 heteroatoms. The largest absolute Gasteiger partial charge is 0.363 e. The molecular formula is C14H25NO. The molecule has 2 nitrogen and oxygen atoms in total. The molecule has 3 aliphatic rings. The van der Waals surface area contributed by atoms with Gasteiger partial charge in [0.05, 0.1) is 12.8 Å². The highest BCUT2D eigenvalue weighted by molar-refractivity contribution is 4.90. The van der Waals surface area contributed by atoms with Crippen LogP contribution in [0.3, 0.4) is 0 Å². The minimum atomic E-state index is 0.578. The van der Waals surface area contributed by atoms with Gasteiger partial charge in [-0.15, -0.1) is 0 Å². The highest BCUT2D eigenvalue weighted by Crippen LogP contribution is 2.39. The van der Waals surface area contributed by atoms with Gasteiger partial charge in [0.2, 0.25) is 0 Å². The Hall–Kier alpha value is -0.0800. The first-order chi connectivity index (χ1) is 7.86. The van der Waals surface area contributed by atoms with Crippen molar-refractivity contribution in [3.8, 4) is 0 Å². The molecule has 3 fully saturated rings. The van der Waals surface area contributed by atoms with Gasteiger partial charge in [-0.25, -0.2) is 0 Å². The van der Waals surface area contributed by atoms with Crippen molar-refractivity contribution in [2.24, 2.45) is 11.8 Å². The number of ether oxygens (including phenoxy) is 1. The second-order valence-electron chi connectivity index (χ2n) is 6.02. The second kappa shape index (κ2) is 4.66. The molecule has 0 aromatic heterocycles. The van der Waals surface area contributed by atoms with Crippen LogP contribution in [0.5, 0.6) is 0 Å². The zero-order chi connectivity index (χ0) is 11.0. The summed E-state index contributed by atoms with van der Waals surface area (Å²) in [6.07, 6.45) is 10.3. The third-order valence-electron chi connectivity index (χ3n) is 5.15. The topological polar surface area (TPSA) is 12.5 Å². The molecule has 2 saturated heterocycles. The van der Waals surface area contributed by atoms with Gasteiger partial charge in [-0.05, 0) is 37.5 Å². The van der Waals surface area contributed by atoms with Gasteiger partial charge in [-0.1, -0.05) is 26.2 Å². The zero-order valence-corrected chi connectivity index (χ0v) is 10.5. The minimum absolute atomic E-state index is 0.578. The Morgan fingerprint density at radius 3 is 2.75 bits per heavy atom. The van der Waals surface area contributed by atoms with E-state index in [1.54, 1.807) is 0 Å². The number of fused-ring (bicyclic) bond motifs is 2. The van der Waals surface area contributed by atoms with Gasteiger partial charge in [0.1, 0.15) is 0 Å². The Labute approximate surface area is 99.3 Å². The molecule has 92 valence electrons. The summed E-state index contributed by atoms with van der Waals surface area (Å²) in [5, 5.41) is 0. The Kier molecular flexibility index (Phi) is 3.21. The summed E-state index contributed by atoms with van der Waals surface area (Å²) in [6, 6.07) is 0.821. The van der Waals surface area contributed by atoms with Crippen molar-refractivity contribution >= 4 is 0 Å². The van der Waals surface area contributed by atoms with Crippen LogP contribution in [0.15, 0.2) is 0 Å². The first kappa shape index (κ1) is 11.0. The van der Waals surface area contributed by atoms with Crippen molar-refractivity contribution in [2.75, 3.05) is 13.3 Å². The van der Waals surface area contributed by atoms with Crippen molar-refractivity contribution in [3.05, 3.63) is 0 Å². The van der Waals surface area contributed by atoms with Crippen LogP contribution < -0.4 is 0 Å². The fraction of sp³-hybridized carbons (Fsp3) is 1.00. The molecule has 2 heterocycles. The second-order valence-corrected chi connectivity index (χ2v) is 6.02. The molecule has 0 amide bonds. The maximum absolute atomic E-state index is 6.17. The summed E-state index contributed by atoms with van der Waals surface area (Å²) >= 11 is 0. The molecule has 0 bridgehead atoms. The van der Waals surface area contributed by atoms with Gasteiger partial charge in [-0.2, -0.15) is 0 Å². The van der Waals surface area contributed by atoms with E-state index in [1.165, 1.54) is 51.5 Å². The van der Waals surface area contributed by atoms with Crippen LogP contribution in [0, 0.1) is 11.8 Å². The van der Waals surface area contributed by atoms with E-state index in [4.69, 9.17) is 4.74 Å². The van der Waals surface area contributed by atoms with Gasteiger partial charge in [-0.3, -0.25) is 4.90 Å². The van der Waals surface area contributed by atoms with Crippen LogP contribution in [0.2, 0.25) is 0 Å². The Bertz CT molecular complexity index is 219. The van der Waals surface area contributed by atoms with Crippen molar-refractivity contribution in [1.82, 2.24) is 4.90 Å². The fourth-order valence-corrected chi connectivity index (χ4v) is 4.18. The van der Waals surface area contributed by atoms with E-state index in [0.717, 1.165) is 24.6 Å². The predicted octanol–water partition coefficient (Wildman–Crippen LogP) is 3.02. The molecule has 1 saturated carbocycles. The van der Waals surface area contributed by atoms with Crippen molar-refractivity contribution in [3.63, 3.8) is 0 Å². The van der Waals surface area contributed by atoms with Crippen molar-refractivity contribution in [1.29, 1.82) is 0 Å². The number of rotatable bonds is 0. The van der Waals surface area contributed by atoms with Gasteiger partial charge >= 0.3 is 0 Å². The summed E-state index contributed by atoms with van der Waals surface area (Å²) in [5.74, 6) is 1.70. The summed E-state index contributed by atoms with van der Waals surface area (Å²) < 4.78 is 6.17. The summed E-state index contributed by atoms with van der Waals surface area (Å²) in [5.41, 5.74) is 0. The first-order valence-corrected chi connectivity index (χ1v) is 7.22. The molecule has 4 atom stereocenters. The van der Waals surface area contributed by atoms with Crippen LogP contribution in [0.1, 0.15) is 51.9 Å². The Balaban J connectivity index is 1.78. The van der Waals surface area contributed by atoms with Gasteiger partial charge in [0.25, 0.3) is 0 Å². The van der Waals surface area contributed by atoms with Gasteiger partial charge in [0, 0.05) is 12.6 Å². The third kappa shape index (κ3) is 1.91. The number of hydrogen-bond acceptors (Lipinski definition) is 2. The first-order valence-electron chi connectivity index (χ1n) is 7.22. The standard InChI is InChI=1S/C14H25NO/c1-11-12-6-2-3-8-14(12)16-10-15-9-5-4-7-13(11)15/h11-14H,2-10H2,1H3/t11-,12+,13-,14-/m1/s1. The van der Waals surface area contributed by atoms with Crippen molar-refractivity contribution in [2.45, 2.75) is 64.0 Å². The van der Waals surface area contributed by atoms with Crippen LogP contribution in [-0.2, 0) is 4.74 Å². The molecule has 3 rings (SSSR count). The van der Waals surface area contributed by atoms with E-state index in [2.05, 4.69) is 11.8 Å². The fourth-order valence-electron chi connectivity index (χ4n) is 4.18. The van der Waals surface area contributed by atoms with Crippen LogP contribution >= 0.6 is 0 Å². The SMILES string of the molecule is C[C@@H]1[C@@H]2CCCC[C@H]2OCN2CCCC[C@H]12. The van der Waals surface area contributed by atoms with Gasteiger partial charge in [0.15, 0.2) is 0 Å². The lowest BCUT2D eigenvalue weighted by Crippen LogP contribution is -2.44. The minimum Gasteiger partial charge on any atom is -0.363 e. The molecule has 0 spiro atoms. The highest BCUT2D eigenvalue weighted by Gasteiger charge is 2.40. The quantitative estimate of drug-likeness (QED) is 0.626. The number of nitrogens with zero attached hydrogens (tertiary/aromatic N) is 1. The van der Waals surface area contributed by atoms with E-state index < -0.39 is 0 Å². The summed E-state index contributed by atoms with van der Waals surface area (Å²) in [6.45, 7) is 4.67. The third-order valence-corrected chi connectivity index (χ3v) is 5.15. The molecule has 2 aliphatic heterocycles. The Morgan fingerprint density at radius 1 is 1.00 bits per heavy atom. The summed E-state index contributed by atoms with van der Waals surface area (Å²) in [4.78, 5) is 2.62. The molecule has 0 unspecified atom stereocenters. The lowest BCUT2D eigenvalue weighted by Gasteiger charge is -2.39. The molecule has 0 N–H and O–H groups in total. The smallest absolute Gasteiger partial charge is 0.0996 e. The maximum Gasteiger partial charge on any atom is 0.0996 e. The van der Waals surface area contributed by atoms with Crippen LogP contribution in [0.25, 0.3) is 0 Å². The monoisotopic (exact) mass is 223 g/mol. The molecule has 1 aliphatic carbocycles. The zero-order valence-electron chi connectivity index (χ0n) is 10.5. The number of piperidine rings is 1. The number of hydrogen-bond donors (Lipinski definition) is 0. The Morgan fingerprint density at radius 2 is 1.81 bits per heavy atom. The van der Waals surface area contributed by atoms with Crippen molar-refractivity contribution < 1.29 is 4.74 Å². The van der Waals surface area contributed by atoms with Gasteiger partial charge < -0.3 is 4.74 Å². The predicted molar refractivity (Wildman–Crippen MR) is 65.2 cm³/mol. The normalized spacial score (nSPS) is 45.6. The van der Waals surface area contributed by atoms with Crippen LogP contribution in [-0.4, -0.2) is 30.3 Å². The molecule has 0 aromatic carbocycles. The lowest BCUT2D eigenvalue weighted by molar-refractivity contribution is -0.0466. The summed E-state index contributed by atoms with van der Waals surface area (Å²) in [7, 11) is 0. The maximum atomic E-state index is 6.17. The average molecular weight is 223 g/mol. The molecule has 0 aromatic rings. The average Bonchev–Trinajstić information content (AvgIpc) is 2.49.